The number of hydrogen-bond acceptors (Lipinski definition) is 6. The van der Waals surface area contributed by atoms with Crippen LogP contribution < -0.4 is 4.74 Å². The van der Waals surface area contributed by atoms with Gasteiger partial charge in [0.1, 0.15) is 23.3 Å². The van der Waals surface area contributed by atoms with Crippen molar-refractivity contribution in [2.24, 2.45) is 0 Å². The number of hydrogen-bond donors (Lipinski definition) is 1. The molecule has 1 amide bonds. The lowest BCUT2D eigenvalue weighted by Crippen LogP contribution is -2.41. The molecule has 0 aliphatic carbocycles. The Morgan fingerprint density at radius 2 is 1.88 bits per heavy atom. The SMILES string of the molecule is O=C(COc1ccccc1)N1CCCCC1c1nc(-c2cnc(Cc3ccccc3)[nH]2)no1. The van der Waals surface area contributed by atoms with Gasteiger partial charge in [0.25, 0.3) is 5.91 Å². The number of ether oxygens (including phenoxy) is 1. The van der Waals surface area contributed by atoms with Gasteiger partial charge >= 0.3 is 0 Å². The van der Waals surface area contributed by atoms with E-state index in [9.17, 15) is 4.79 Å². The third-order valence-electron chi connectivity index (χ3n) is 5.74. The van der Waals surface area contributed by atoms with E-state index in [4.69, 9.17) is 9.26 Å². The van der Waals surface area contributed by atoms with E-state index in [0.717, 1.165) is 25.1 Å². The first-order valence-electron chi connectivity index (χ1n) is 11.2. The van der Waals surface area contributed by atoms with E-state index in [2.05, 4.69) is 32.2 Å². The lowest BCUT2D eigenvalue weighted by atomic mass is 10.0. The number of piperidine rings is 1. The van der Waals surface area contributed by atoms with Gasteiger partial charge in [0.15, 0.2) is 6.61 Å². The van der Waals surface area contributed by atoms with E-state index in [0.29, 0.717) is 36.1 Å². The Labute approximate surface area is 191 Å². The second-order valence-corrected chi connectivity index (χ2v) is 8.06. The van der Waals surface area contributed by atoms with Crippen molar-refractivity contribution < 1.29 is 14.1 Å². The topological polar surface area (TPSA) is 97.1 Å². The molecule has 1 N–H and O–H groups in total. The van der Waals surface area contributed by atoms with Crippen LogP contribution in [0.4, 0.5) is 0 Å². The molecule has 168 valence electrons. The molecule has 1 fully saturated rings. The highest BCUT2D eigenvalue weighted by Gasteiger charge is 2.32. The molecular weight excluding hydrogens is 418 g/mol. The van der Waals surface area contributed by atoms with Crippen molar-refractivity contribution in [3.8, 4) is 17.3 Å². The lowest BCUT2D eigenvalue weighted by Gasteiger charge is -2.33. The third-order valence-corrected chi connectivity index (χ3v) is 5.74. The number of nitrogens with zero attached hydrogens (tertiary/aromatic N) is 4. The summed E-state index contributed by atoms with van der Waals surface area (Å²) in [6, 6.07) is 19.2. The zero-order valence-electron chi connectivity index (χ0n) is 18.2. The Kier molecular flexibility index (Phi) is 6.14. The Bertz CT molecular complexity index is 1190. The summed E-state index contributed by atoms with van der Waals surface area (Å²) >= 11 is 0. The highest BCUT2D eigenvalue weighted by molar-refractivity contribution is 5.78. The minimum Gasteiger partial charge on any atom is -0.484 e. The molecule has 33 heavy (non-hydrogen) atoms. The van der Waals surface area contributed by atoms with E-state index >= 15 is 0 Å². The second-order valence-electron chi connectivity index (χ2n) is 8.06. The number of likely N-dealkylation sites (tertiary alicyclic amines) is 1. The first kappa shape index (κ1) is 20.9. The molecule has 5 rings (SSSR count). The molecular formula is C25H25N5O3. The number of nitrogens with one attached hydrogen (secondary N) is 1. The number of H-pyrrole nitrogens is 1. The molecule has 0 bridgehead atoms. The van der Waals surface area contributed by atoms with E-state index < -0.39 is 0 Å². The molecule has 1 aliphatic rings. The van der Waals surface area contributed by atoms with Crippen molar-refractivity contribution in [3.63, 3.8) is 0 Å². The van der Waals surface area contributed by atoms with Crippen LogP contribution in [0.1, 0.15) is 42.6 Å². The van der Waals surface area contributed by atoms with E-state index in [-0.39, 0.29) is 18.6 Å². The van der Waals surface area contributed by atoms with Crippen molar-refractivity contribution >= 4 is 5.91 Å². The Hall–Kier alpha value is -3.94. The maximum Gasteiger partial charge on any atom is 0.261 e. The van der Waals surface area contributed by atoms with Crippen molar-refractivity contribution in [1.29, 1.82) is 0 Å². The molecule has 3 heterocycles. The van der Waals surface area contributed by atoms with Crippen LogP contribution in [0.15, 0.2) is 71.4 Å². The van der Waals surface area contributed by atoms with Crippen LogP contribution in [0.25, 0.3) is 11.5 Å². The number of rotatable bonds is 7. The van der Waals surface area contributed by atoms with Gasteiger partial charge in [-0.15, -0.1) is 0 Å². The summed E-state index contributed by atoms with van der Waals surface area (Å²) in [5.74, 6) is 2.29. The fourth-order valence-electron chi connectivity index (χ4n) is 4.07. The fourth-order valence-corrected chi connectivity index (χ4v) is 4.07. The smallest absolute Gasteiger partial charge is 0.261 e. The van der Waals surface area contributed by atoms with Gasteiger partial charge in [-0.05, 0) is 37.0 Å². The summed E-state index contributed by atoms with van der Waals surface area (Å²) in [6.45, 7) is 0.621. The summed E-state index contributed by atoms with van der Waals surface area (Å²) in [5, 5.41) is 4.14. The largest absolute Gasteiger partial charge is 0.484 e. The van der Waals surface area contributed by atoms with Crippen molar-refractivity contribution in [1.82, 2.24) is 25.0 Å². The predicted molar refractivity (Wildman–Crippen MR) is 121 cm³/mol. The molecule has 1 saturated heterocycles. The fraction of sp³-hybridized carbons (Fsp3) is 0.280. The molecule has 2 aromatic heterocycles. The highest BCUT2D eigenvalue weighted by atomic mass is 16.5. The molecule has 4 aromatic rings. The van der Waals surface area contributed by atoms with Crippen molar-refractivity contribution in [3.05, 3.63) is 84.1 Å². The van der Waals surface area contributed by atoms with Crippen molar-refractivity contribution in [2.45, 2.75) is 31.7 Å². The minimum atomic E-state index is -0.251. The molecule has 1 aliphatic heterocycles. The molecule has 0 radical (unpaired) electrons. The van der Waals surface area contributed by atoms with Gasteiger partial charge in [0, 0.05) is 13.0 Å². The van der Waals surface area contributed by atoms with Gasteiger partial charge in [0.2, 0.25) is 11.7 Å². The summed E-state index contributed by atoms with van der Waals surface area (Å²) in [4.78, 5) is 27.0. The Morgan fingerprint density at radius 1 is 1.09 bits per heavy atom. The van der Waals surface area contributed by atoms with Crippen LogP contribution in [0.5, 0.6) is 5.75 Å². The molecule has 0 spiro atoms. The van der Waals surface area contributed by atoms with Gasteiger partial charge in [0.05, 0.1) is 6.20 Å². The molecule has 1 unspecified atom stereocenters. The minimum absolute atomic E-state index is 0.0229. The first-order chi connectivity index (χ1) is 16.3. The van der Waals surface area contributed by atoms with E-state index in [1.165, 1.54) is 5.56 Å². The quantitative estimate of drug-likeness (QED) is 0.460. The monoisotopic (exact) mass is 443 g/mol. The Balaban J connectivity index is 1.27. The van der Waals surface area contributed by atoms with Crippen molar-refractivity contribution in [2.75, 3.05) is 13.2 Å². The summed E-state index contributed by atoms with van der Waals surface area (Å²) in [6.07, 6.45) is 5.12. The number of carbonyl (C=O) groups is 1. The lowest BCUT2D eigenvalue weighted by molar-refractivity contribution is -0.138. The van der Waals surface area contributed by atoms with Gasteiger partial charge in [-0.3, -0.25) is 4.79 Å². The highest BCUT2D eigenvalue weighted by Crippen LogP contribution is 2.31. The molecule has 2 aromatic carbocycles. The van der Waals surface area contributed by atoms with Gasteiger partial charge in [-0.1, -0.05) is 53.7 Å². The summed E-state index contributed by atoms with van der Waals surface area (Å²) < 4.78 is 11.2. The number of imidazole rings is 1. The standard InChI is InChI=1S/C25H25N5O3/c31-23(17-32-19-11-5-2-6-12-19)30-14-8-7-13-21(30)25-28-24(29-33-25)20-16-26-22(27-20)15-18-9-3-1-4-10-18/h1-6,9-12,16,21H,7-8,13-15,17H2,(H,26,27). The zero-order chi connectivity index (χ0) is 22.5. The molecule has 8 heteroatoms. The number of para-hydroxylation sites is 1. The number of aromatic nitrogens is 4. The maximum atomic E-state index is 12.9. The van der Waals surface area contributed by atoms with E-state index in [1.54, 1.807) is 11.1 Å². The van der Waals surface area contributed by atoms with Crippen LogP contribution >= 0.6 is 0 Å². The van der Waals surface area contributed by atoms with Crippen LogP contribution in [-0.4, -0.2) is 44.1 Å². The third kappa shape index (κ3) is 4.95. The van der Waals surface area contributed by atoms with Gasteiger partial charge in [-0.25, -0.2) is 4.98 Å². The number of carbonyl (C=O) groups excluding carboxylic acids is 1. The maximum absolute atomic E-state index is 12.9. The summed E-state index contributed by atoms with van der Waals surface area (Å²) in [7, 11) is 0. The predicted octanol–water partition coefficient (Wildman–Crippen LogP) is 4.18. The average molecular weight is 444 g/mol. The number of aromatic amines is 1. The second kappa shape index (κ2) is 9.68. The number of amides is 1. The van der Waals surface area contributed by atoms with Gasteiger partial charge in [-0.2, -0.15) is 4.98 Å². The van der Waals surface area contributed by atoms with Crippen LogP contribution in [-0.2, 0) is 11.2 Å². The molecule has 8 nitrogen and oxygen atoms in total. The number of benzene rings is 2. The summed E-state index contributed by atoms with van der Waals surface area (Å²) in [5.41, 5.74) is 1.86. The molecule has 0 saturated carbocycles. The zero-order valence-corrected chi connectivity index (χ0v) is 18.2. The van der Waals surface area contributed by atoms with E-state index in [1.807, 2.05) is 48.5 Å². The van der Waals surface area contributed by atoms with Crippen LogP contribution in [0, 0.1) is 0 Å². The normalized spacial score (nSPS) is 16.0. The van der Waals surface area contributed by atoms with Crippen LogP contribution in [0.2, 0.25) is 0 Å². The average Bonchev–Trinajstić information content (AvgIpc) is 3.54. The first-order valence-corrected chi connectivity index (χ1v) is 11.2. The van der Waals surface area contributed by atoms with Gasteiger partial charge < -0.3 is 19.1 Å². The molecule has 1 atom stereocenters. The Morgan fingerprint density at radius 3 is 2.70 bits per heavy atom. The van der Waals surface area contributed by atoms with Crippen LogP contribution in [0.3, 0.4) is 0 Å².